The first kappa shape index (κ1) is 11.8. The molecule has 0 aromatic rings. The van der Waals surface area contributed by atoms with Gasteiger partial charge in [-0.25, -0.2) is 0 Å². The van der Waals surface area contributed by atoms with Gasteiger partial charge in [-0.15, -0.1) is 0 Å². The second-order valence-corrected chi connectivity index (χ2v) is 9.32. The lowest BCUT2D eigenvalue weighted by Gasteiger charge is -2.35. The summed E-state index contributed by atoms with van der Waals surface area (Å²) in [6.07, 6.45) is 1.82. The maximum Gasteiger partial charge on any atom is 0.192 e. The van der Waals surface area contributed by atoms with Crippen molar-refractivity contribution in [2.45, 2.75) is 38.9 Å². The Labute approximate surface area is 77.2 Å². The van der Waals surface area contributed by atoms with Crippen LogP contribution in [0.25, 0.3) is 0 Å². The largest absolute Gasteiger partial charge is 0.412 e. The molecule has 0 unspecified atom stereocenters. The smallest absolute Gasteiger partial charge is 0.192 e. The molecular formula is C9H21NOSi. The molecule has 3 heteroatoms. The first-order valence-electron chi connectivity index (χ1n) is 4.36. The van der Waals surface area contributed by atoms with Crippen molar-refractivity contribution in [2.75, 3.05) is 13.7 Å². The highest BCUT2D eigenvalue weighted by Gasteiger charge is 2.36. The highest BCUT2D eigenvalue weighted by atomic mass is 28.4. The van der Waals surface area contributed by atoms with Crippen LogP contribution in [0.3, 0.4) is 0 Å². The van der Waals surface area contributed by atoms with Gasteiger partial charge in [0.25, 0.3) is 0 Å². The van der Waals surface area contributed by atoms with Gasteiger partial charge >= 0.3 is 0 Å². The Kier molecular flexibility index (Phi) is 4.13. The monoisotopic (exact) mass is 187 g/mol. The predicted molar refractivity (Wildman–Crippen MR) is 57.6 cm³/mol. The van der Waals surface area contributed by atoms with E-state index in [1.165, 1.54) is 0 Å². The average Bonchev–Trinajstić information content (AvgIpc) is 1.85. The molecule has 0 saturated carbocycles. The van der Waals surface area contributed by atoms with Crippen molar-refractivity contribution >= 4 is 14.5 Å². The molecule has 12 heavy (non-hydrogen) atoms. The van der Waals surface area contributed by atoms with E-state index >= 15 is 0 Å². The third kappa shape index (κ3) is 3.50. The number of hydrogen-bond acceptors (Lipinski definition) is 2. The Morgan fingerprint density at radius 3 is 2.17 bits per heavy atom. The molecule has 0 fully saturated rings. The van der Waals surface area contributed by atoms with Gasteiger partial charge in [0, 0.05) is 13.3 Å². The summed E-state index contributed by atoms with van der Waals surface area (Å²) in [7, 11) is 0.239. The SMILES string of the molecule is CN=CCO[Si](C)(C)C(C)(C)C. The Bertz CT molecular complexity index is 158. The van der Waals surface area contributed by atoms with Crippen molar-refractivity contribution < 1.29 is 4.43 Å². The van der Waals surface area contributed by atoms with Crippen molar-refractivity contribution in [1.82, 2.24) is 0 Å². The van der Waals surface area contributed by atoms with Gasteiger partial charge in [0.15, 0.2) is 8.32 Å². The number of aliphatic imine (C=N–C) groups is 1. The lowest BCUT2D eigenvalue weighted by Crippen LogP contribution is -2.41. The minimum Gasteiger partial charge on any atom is -0.412 e. The zero-order valence-corrected chi connectivity index (χ0v) is 10.1. The van der Waals surface area contributed by atoms with Crippen molar-refractivity contribution in [1.29, 1.82) is 0 Å². The predicted octanol–water partition coefficient (Wildman–Crippen LogP) is 2.71. The summed E-state index contributed by atoms with van der Waals surface area (Å²) >= 11 is 0. The van der Waals surface area contributed by atoms with Crippen LogP contribution in [0, 0.1) is 0 Å². The topological polar surface area (TPSA) is 21.6 Å². The van der Waals surface area contributed by atoms with Crippen LogP contribution >= 0.6 is 0 Å². The van der Waals surface area contributed by atoms with Gasteiger partial charge in [-0.1, -0.05) is 20.8 Å². The van der Waals surface area contributed by atoms with Gasteiger partial charge in [0.2, 0.25) is 0 Å². The molecule has 0 rings (SSSR count). The molecule has 0 aliphatic rings. The molecule has 0 amide bonds. The van der Waals surface area contributed by atoms with E-state index in [-0.39, 0.29) is 0 Å². The quantitative estimate of drug-likeness (QED) is 0.492. The summed E-state index contributed by atoms with van der Waals surface area (Å²) in [5.41, 5.74) is 0. The fraction of sp³-hybridized carbons (Fsp3) is 0.889. The number of rotatable bonds is 3. The third-order valence-electron chi connectivity index (χ3n) is 2.51. The zero-order valence-electron chi connectivity index (χ0n) is 9.14. The Morgan fingerprint density at radius 2 is 1.83 bits per heavy atom. The van der Waals surface area contributed by atoms with Gasteiger partial charge in [-0.3, -0.25) is 4.99 Å². The van der Waals surface area contributed by atoms with E-state index in [0.717, 1.165) is 0 Å². The number of hydrogen-bond donors (Lipinski definition) is 0. The van der Waals surface area contributed by atoms with Gasteiger partial charge in [-0.05, 0) is 18.1 Å². The molecule has 0 saturated heterocycles. The van der Waals surface area contributed by atoms with Crippen LogP contribution < -0.4 is 0 Å². The second kappa shape index (κ2) is 4.19. The number of nitrogens with zero attached hydrogens (tertiary/aromatic N) is 1. The maximum absolute atomic E-state index is 5.82. The standard InChI is InChI=1S/C9H21NOSi/c1-9(2,3)12(5,6)11-8-7-10-4/h7H,8H2,1-6H3. The van der Waals surface area contributed by atoms with Gasteiger partial charge < -0.3 is 4.43 Å². The van der Waals surface area contributed by atoms with Crippen molar-refractivity contribution in [3.63, 3.8) is 0 Å². The van der Waals surface area contributed by atoms with Crippen LogP contribution in [0.2, 0.25) is 18.1 Å². The van der Waals surface area contributed by atoms with E-state index in [0.29, 0.717) is 11.6 Å². The highest BCUT2D eigenvalue weighted by Crippen LogP contribution is 2.36. The molecule has 0 radical (unpaired) electrons. The lowest BCUT2D eigenvalue weighted by atomic mass is 10.2. The molecule has 0 aliphatic carbocycles. The van der Waals surface area contributed by atoms with Gasteiger partial charge in [0.05, 0.1) is 6.61 Å². The fourth-order valence-corrected chi connectivity index (χ4v) is 1.46. The average molecular weight is 187 g/mol. The van der Waals surface area contributed by atoms with Crippen LogP contribution in [0.15, 0.2) is 4.99 Å². The summed E-state index contributed by atoms with van der Waals surface area (Å²) in [6, 6.07) is 0. The fourth-order valence-electron chi connectivity index (χ4n) is 0.537. The summed E-state index contributed by atoms with van der Waals surface area (Å²) in [5.74, 6) is 0. The molecule has 2 nitrogen and oxygen atoms in total. The van der Waals surface area contributed by atoms with E-state index in [4.69, 9.17) is 4.43 Å². The van der Waals surface area contributed by atoms with E-state index in [1.54, 1.807) is 7.05 Å². The minimum atomic E-state index is -1.53. The Hall–Kier alpha value is -0.153. The molecular weight excluding hydrogens is 166 g/mol. The zero-order chi connectivity index (χ0) is 9.83. The lowest BCUT2D eigenvalue weighted by molar-refractivity contribution is 0.343. The van der Waals surface area contributed by atoms with Crippen LogP contribution in [0.4, 0.5) is 0 Å². The second-order valence-electron chi connectivity index (χ2n) is 4.51. The molecule has 0 aromatic carbocycles. The molecule has 0 spiro atoms. The summed E-state index contributed by atoms with van der Waals surface area (Å²) in [4.78, 5) is 3.89. The molecule has 0 atom stereocenters. The van der Waals surface area contributed by atoms with E-state index < -0.39 is 8.32 Å². The first-order chi connectivity index (χ1) is 5.31. The van der Waals surface area contributed by atoms with E-state index in [9.17, 15) is 0 Å². The molecule has 0 aliphatic heterocycles. The van der Waals surface area contributed by atoms with E-state index in [1.807, 2.05) is 6.21 Å². The summed E-state index contributed by atoms with van der Waals surface area (Å²) < 4.78 is 5.82. The summed E-state index contributed by atoms with van der Waals surface area (Å²) in [6.45, 7) is 11.9. The van der Waals surface area contributed by atoms with Crippen LogP contribution in [0.1, 0.15) is 20.8 Å². The van der Waals surface area contributed by atoms with E-state index in [2.05, 4.69) is 38.9 Å². The Morgan fingerprint density at radius 1 is 1.33 bits per heavy atom. The van der Waals surface area contributed by atoms with Crippen LogP contribution in [-0.4, -0.2) is 28.2 Å². The van der Waals surface area contributed by atoms with Crippen LogP contribution in [-0.2, 0) is 4.43 Å². The molecule has 0 heterocycles. The molecule has 0 aromatic heterocycles. The van der Waals surface area contributed by atoms with Crippen molar-refractivity contribution in [3.8, 4) is 0 Å². The molecule has 0 bridgehead atoms. The van der Waals surface area contributed by atoms with Crippen molar-refractivity contribution in [2.24, 2.45) is 4.99 Å². The molecule has 0 N–H and O–H groups in total. The van der Waals surface area contributed by atoms with Gasteiger partial charge in [-0.2, -0.15) is 0 Å². The normalized spacial score (nSPS) is 14.2. The third-order valence-corrected chi connectivity index (χ3v) is 7.01. The highest BCUT2D eigenvalue weighted by molar-refractivity contribution is 6.74. The first-order valence-corrected chi connectivity index (χ1v) is 7.26. The minimum absolute atomic E-state index is 0.300. The van der Waals surface area contributed by atoms with Crippen LogP contribution in [0.5, 0.6) is 0 Å². The molecule has 72 valence electrons. The maximum atomic E-state index is 5.82. The van der Waals surface area contributed by atoms with Gasteiger partial charge in [0.1, 0.15) is 0 Å². The summed E-state index contributed by atoms with van der Waals surface area (Å²) in [5, 5.41) is 0.300. The Balaban J connectivity index is 4.05. The van der Waals surface area contributed by atoms with Crippen molar-refractivity contribution in [3.05, 3.63) is 0 Å².